The van der Waals surface area contributed by atoms with Gasteiger partial charge in [-0.25, -0.2) is 0 Å². The summed E-state index contributed by atoms with van der Waals surface area (Å²) in [6.07, 6.45) is 6.15. The molecule has 1 amide bonds. The minimum Gasteiger partial charge on any atom is -0.326 e. The predicted molar refractivity (Wildman–Crippen MR) is 82.7 cm³/mol. The quantitative estimate of drug-likeness (QED) is 0.853. The topological polar surface area (TPSA) is 29.1 Å². The number of amides is 1. The maximum Gasteiger partial charge on any atom is 0.227 e. The molecule has 1 aromatic carbocycles. The summed E-state index contributed by atoms with van der Waals surface area (Å²) in [5.74, 6) is 2.57. The lowest BCUT2D eigenvalue weighted by Crippen LogP contribution is -2.27. The average Bonchev–Trinajstić information content (AvgIpc) is 3.10. The Bertz CT molecular complexity index is 479. The maximum absolute atomic E-state index is 12.4. The van der Waals surface area contributed by atoms with Gasteiger partial charge in [0.25, 0.3) is 0 Å². The van der Waals surface area contributed by atoms with E-state index in [4.69, 9.17) is 0 Å². The molecule has 2 nitrogen and oxygen atoms in total. The van der Waals surface area contributed by atoms with Gasteiger partial charge in [-0.3, -0.25) is 4.79 Å². The largest absolute Gasteiger partial charge is 0.326 e. The molecule has 4 atom stereocenters. The molecule has 2 fully saturated rings. The Hall–Kier alpha value is -1.31. The first kappa shape index (κ1) is 13.7. The first-order valence-corrected chi connectivity index (χ1v) is 8.08. The fourth-order valence-electron chi connectivity index (χ4n) is 3.93. The number of fused-ring (bicyclic) bond motifs is 2. The van der Waals surface area contributed by atoms with Crippen LogP contribution in [-0.4, -0.2) is 5.91 Å². The van der Waals surface area contributed by atoms with Crippen molar-refractivity contribution in [2.75, 3.05) is 5.32 Å². The van der Waals surface area contributed by atoms with E-state index in [1.807, 2.05) is 12.1 Å². The minimum absolute atomic E-state index is 0.244. The van der Waals surface area contributed by atoms with Gasteiger partial charge in [-0.05, 0) is 61.1 Å². The molecule has 0 radical (unpaired) electrons. The molecule has 0 saturated heterocycles. The summed E-state index contributed by atoms with van der Waals surface area (Å²) in [6.45, 7) is 4.44. The second-order valence-electron chi connectivity index (χ2n) is 6.70. The van der Waals surface area contributed by atoms with Crippen LogP contribution in [0.1, 0.15) is 57.4 Å². The Balaban J connectivity index is 1.61. The van der Waals surface area contributed by atoms with Gasteiger partial charge in [-0.15, -0.1) is 0 Å². The van der Waals surface area contributed by atoms with Gasteiger partial charge in [-0.2, -0.15) is 0 Å². The Morgan fingerprint density at radius 2 is 2.00 bits per heavy atom. The van der Waals surface area contributed by atoms with Gasteiger partial charge in [0.15, 0.2) is 0 Å². The number of carbonyl (C=O) groups is 1. The van der Waals surface area contributed by atoms with Gasteiger partial charge in [0.05, 0.1) is 0 Å². The molecule has 2 aliphatic rings. The number of anilines is 1. The fraction of sp³-hybridized carbons (Fsp3) is 0.611. The van der Waals surface area contributed by atoms with E-state index in [2.05, 4.69) is 31.3 Å². The standard InChI is InChI=1S/C18H25NO/c1-3-12(2)14-6-8-16(9-7-14)19-18(20)17-11-13-4-5-15(17)10-13/h6-9,12-13,15,17H,3-5,10-11H2,1-2H3,(H,19,20). The van der Waals surface area contributed by atoms with E-state index in [9.17, 15) is 4.79 Å². The molecule has 3 rings (SSSR count). The number of hydrogen-bond donors (Lipinski definition) is 1. The van der Waals surface area contributed by atoms with Crippen molar-refractivity contribution in [2.45, 2.75) is 51.9 Å². The van der Waals surface area contributed by atoms with Gasteiger partial charge in [0.2, 0.25) is 5.91 Å². The van der Waals surface area contributed by atoms with Crippen molar-refractivity contribution in [1.82, 2.24) is 0 Å². The van der Waals surface area contributed by atoms with Crippen molar-refractivity contribution in [1.29, 1.82) is 0 Å². The summed E-state index contributed by atoms with van der Waals surface area (Å²) in [6, 6.07) is 8.38. The molecule has 2 bridgehead atoms. The van der Waals surface area contributed by atoms with Crippen LogP contribution in [0.15, 0.2) is 24.3 Å². The van der Waals surface area contributed by atoms with Gasteiger partial charge in [0.1, 0.15) is 0 Å². The third-order valence-corrected chi connectivity index (χ3v) is 5.43. The molecule has 0 aliphatic heterocycles. The second-order valence-corrected chi connectivity index (χ2v) is 6.70. The maximum atomic E-state index is 12.4. The Morgan fingerprint density at radius 3 is 2.55 bits per heavy atom. The van der Waals surface area contributed by atoms with E-state index >= 15 is 0 Å². The normalized spacial score (nSPS) is 29.4. The molecule has 2 saturated carbocycles. The van der Waals surface area contributed by atoms with Crippen LogP contribution in [-0.2, 0) is 4.79 Å². The van der Waals surface area contributed by atoms with Gasteiger partial charge in [-0.1, -0.05) is 32.4 Å². The monoisotopic (exact) mass is 271 g/mol. The van der Waals surface area contributed by atoms with Crippen LogP contribution >= 0.6 is 0 Å². The number of hydrogen-bond acceptors (Lipinski definition) is 1. The van der Waals surface area contributed by atoms with Crippen molar-refractivity contribution in [3.05, 3.63) is 29.8 Å². The predicted octanol–water partition coefficient (Wildman–Crippen LogP) is 4.57. The highest BCUT2D eigenvalue weighted by atomic mass is 16.1. The van der Waals surface area contributed by atoms with E-state index < -0.39 is 0 Å². The van der Waals surface area contributed by atoms with Crippen molar-refractivity contribution in [3.63, 3.8) is 0 Å². The van der Waals surface area contributed by atoms with E-state index in [1.54, 1.807) is 0 Å². The highest BCUT2D eigenvalue weighted by Gasteiger charge is 2.42. The van der Waals surface area contributed by atoms with Crippen LogP contribution in [0.4, 0.5) is 5.69 Å². The zero-order valence-electron chi connectivity index (χ0n) is 12.6. The second kappa shape index (κ2) is 5.59. The lowest BCUT2D eigenvalue weighted by atomic mass is 9.88. The molecule has 0 aromatic heterocycles. The summed E-state index contributed by atoms with van der Waals surface area (Å²) in [4.78, 5) is 12.4. The number of carbonyl (C=O) groups excluding carboxylic acids is 1. The third-order valence-electron chi connectivity index (χ3n) is 5.43. The van der Waals surface area contributed by atoms with Gasteiger partial charge in [0, 0.05) is 11.6 Å². The molecule has 108 valence electrons. The fourth-order valence-corrected chi connectivity index (χ4v) is 3.93. The van der Waals surface area contributed by atoms with Gasteiger partial charge >= 0.3 is 0 Å². The highest BCUT2D eigenvalue weighted by molar-refractivity contribution is 5.93. The molecule has 2 aliphatic carbocycles. The van der Waals surface area contributed by atoms with Crippen LogP contribution in [0.25, 0.3) is 0 Å². The number of nitrogens with one attached hydrogen (secondary N) is 1. The molecular formula is C18H25NO. The van der Waals surface area contributed by atoms with E-state index in [0.29, 0.717) is 11.8 Å². The minimum atomic E-state index is 0.244. The van der Waals surface area contributed by atoms with Crippen LogP contribution in [0.3, 0.4) is 0 Å². The van der Waals surface area contributed by atoms with Crippen molar-refractivity contribution in [2.24, 2.45) is 17.8 Å². The Morgan fingerprint density at radius 1 is 1.25 bits per heavy atom. The van der Waals surface area contributed by atoms with E-state index in [1.165, 1.54) is 24.8 Å². The molecule has 4 unspecified atom stereocenters. The van der Waals surface area contributed by atoms with Crippen LogP contribution < -0.4 is 5.32 Å². The highest BCUT2D eigenvalue weighted by Crippen LogP contribution is 2.48. The first-order chi connectivity index (χ1) is 9.67. The zero-order valence-corrected chi connectivity index (χ0v) is 12.6. The molecule has 20 heavy (non-hydrogen) atoms. The van der Waals surface area contributed by atoms with E-state index in [-0.39, 0.29) is 11.8 Å². The van der Waals surface area contributed by atoms with Crippen LogP contribution in [0, 0.1) is 17.8 Å². The molecule has 1 N–H and O–H groups in total. The molecule has 0 heterocycles. The zero-order chi connectivity index (χ0) is 14.1. The third kappa shape index (κ3) is 2.61. The summed E-state index contributed by atoms with van der Waals surface area (Å²) < 4.78 is 0. The molecular weight excluding hydrogens is 246 g/mol. The summed E-state index contributed by atoms with van der Waals surface area (Å²) in [5, 5.41) is 3.11. The van der Waals surface area contributed by atoms with Crippen molar-refractivity contribution in [3.8, 4) is 0 Å². The summed E-state index contributed by atoms with van der Waals surface area (Å²) >= 11 is 0. The van der Waals surface area contributed by atoms with E-state index in [0.717, 1.165) is 24.4 Å². The summed E-state index contributed by atoms with van der Waals surface area (Å²) in [7, 11) is 0. The SMILES string of the molecule is CCC(C)c1ccc(NC(=O)C2CC3CCC2C3)cc1. The van der Waals surface area contributed by atoms with Gasteiger partial charge < -0.3 is 5.32 Å². The molecule has 2 heteroatoms. The first-order valence-electron chi connectivity index (χ1n) is 8.08. The van der Waals surface area contributed by atoms with Crippen molar-refractivity contribution < 1.29 is 4.79 Å². The molecule has 1 aromatic rings. The Kier molecular flexibility index (Phi) is 3.82. The lowest BCUT2D eigenvalue weighted by Gasteiger charge is -2.21. The molecule has 0 spiro atoms. The number of benzene rings is 1. The van der Waals surface area contributed by atoms with Crippen LogP contribution in [0.2, 0.25) is 0 Å². The number of rotatable bonds is 4. The summed E-state index contributed by atoms with van der Waals surface area (Å²) in [5.41, 5.74) is 2.30. The van der Waals surface area contributed by atoms with Crippen LogP contribution in [0.5, 0.6) is 0 Å². The Labute approximate surface area is 122 Å². The van der Waals surface area contributed by atoms with Crippen molar-refractivity contribution >= 4 is 11.6 Å². The average molecular weight is 271 g/mol. The lowest BCUT2D eigenvalue weighted by molar-refractivity contribution is -0.121. The smallest absolute Gasteiger partial charge is 0.227 e.